The third kappa shape index (κ3) is 2.41. The highest BCUT2D eigenvalue weighted by molar-refractivity contribution is 9.11. The fourth-order valence-corrected chi connectivity index (χ4v) is 4.95. The molecule has 1 aliphatic heterocycles. The Hall–Kier alpha value is -0.590. The molecule has 0 aliphatic carbocycles. The quantitative estimate of drug-likeness (QED) is 0.701. The highest BCUT2D eigenvalue weighted by Crippen LogP contribution is 2.41. The largest absolute Gasteiger partial charge is 0.376 e. The first kappa shape index (κ1) is 15.3. The van der Waals surface area contributed by atoms with E-state index in [1.54, 1.807) is 23.2 Å². The lowest BCUT2D eigenvalue weighted by Crippen LogP contribution is -2.19. The topological polar surface area (TPSA) is 36.2 Å². The van der Waals surface area contributed by atoms with E-state index in [0.29, 0.717) is 5.92 Å². The average Bonchev–Trinajstić information content (AvgIpc) is 2.97. The van der Waals surface area contributed by atoms with Gasteiger partial charge in [-0.1, -0.05) is 38.8 Å². The minimum Gasteiger partial charge on any atom is -0.376 e. The third-order valence-corrected chi connectivity index (χ3v) is 6.12. The van der Waals surface area contributed by atoms with Crippen molar-refractivity contribution in [3.05, 3.63) is 32.7 Å². The van der Waals surface area contributed by atoms with E-state index in [9.17, 15) is 4.79 Å². The van der Waals surface area contributed by atoms with Gasteiger partial charge < -0.3 is 4.74 Å². The van der Waals surface area contributed by atoms with Crippen LogP contribution in [0.2, 0.25) is 0 Å². The molecule has 3 atom stereocenters. The van der Waals surface area contributed by atoms with Crippen LogP contribution in [-0.2, 0) is 18.8 Å². The van der Waals surface area contributed by atoms with Crippen LogP contribution in [0.3, 0.4) is 0 Å². The van der Waals surface area contributed by atoms with E-state index in [-0.39, 0.29) is 16.6 Å². The predicted octanol–water partition coefficient (Wildman–Crippen LogP) is 3.50. The number of hydrogen-bond acceptors (Lipinski definition) is 2. The van der Waals surface area contributed by atoms with E-state index in [4.69, 9.17) is 4.74 Å². The maximum Gasteiger partial charge on any atom is 0.328 e. The molecule has 114 valence electrons. The van der Waals surface area contributed by atoms with E-state index in [1.807, 2.05) is 6.07 Å². The van der Waals surface area contributed by atoms with E-state index >= 15 is 0 Å². The first-order chi connectivity index (χ1) is 9.91. The number of hydrogen-bond donors (Lipinski definition) is 0. The van der Waals surface area contributed by atoms with Gasteiger partial charge in [-0.05, 0) is 30.0 Å². The summed E-state index contributed by atoms with van der Waals surface area (Å²) in [5, 5.41) is 0. The standard InChI is InChI=1S/C15H18Br2N2O2/c1-8-4-5-21-14(8)13(17)9-6-11-12(7-10(9)16)19(3)15(20)18(11)2/h6-8,13-14H,4-5H2,1-3H3. The lowest BCUT2D eigenvalue weighted by Gasteiger charge is -2.22. The number of halogens is 2. The van der Waals surface area contributed by atoms with E-state index in [2.05, 4.69) is 44.8 Å². The molecule has 6 heteroatoms. The summed E-state index contributed by atoms with van der Waals surface area (Å²) in [7, 11) is 3.60. The molecule has 2 heterocycles. The van der Waals surface area contributed by atoms with Gasteiger partial charge in [0, 0.05) is 25.2 Å². The molecule has 1 saturated heterocycles. The van der Waals surface area contributed by atoms with Crippen molar-refractivity contribution in [2.45, 2.75) is 24.3 Å². The van der Waals surface area contributed by atoms with Crippen molar-refractivity contribution in [1.82, 2.24) is 9.13 Å². The zero-order valence-electron chi connectivity index (χ0n) is 12.3. The zero-order valence-corrected chi connectivity index (χ0v) is 15.4. The van der Waals surface area contributed by atoms with Crippen molar-refractivity contribution in [3.63, 3.8) is 0 Å². The Labute approximate surface area is 140 Å². The maximum atomic E-state index is 12.1. The molecule has 21 heavy (non-hydrogen) atoms. The Kier molecular flexibility index (Phi) is 4.05. The fourth-order valence-electron chi connectivity index (χ4n) is 3.02. The Morgan fingerprint density at radius 1 is 1.29 bits per heavy atom. The van der Waals surface area contributed by atoms with Gasteiger partial charge in [0.2, 0.25) is 0 Å². The second kappa shape index (κ2) is 5.56. The van der Waals surface area contributed by atoms with Crippen LogP contribution in [0, 0.1) is 5.92 Å². The molecule has 0 bridgehead atoms. The van der Waals surface area contributed by atoms with Gasteiger partial charge in [-0.2, -0.15) is 0 Å². The molecule has 0 N–H and O–H groups in total. The second-order valence-electron chi connectivity index (χ2n) is 5.77. The van der Waals surface area contributed by atoms with Gasteiger partial charge in [0.05, 0.1) is 22.0 Å². The van der Waals surface area contributed by atoms with Crippen LogP contribution >= 0.6 is 31.9 Å². The monoisotopic (exact) mass is 416 g/mol. The van der Waals surface area contributed by atoms with Gasteiger partial charge in [-0.15, -0.1) is 0 Å². The lowest BCUT2D eigenvalue weighted by molar-refractivity contribution is 0.0934. The van der Waals surface area contributed by atoms with Crippen molar-refractivity contribution in [2.75, 3.05) is 6.61 Å². The molecule has 0 amide bonds. The van der Waals surface area contributed by atoms with Crippen molar-refractivity contribution in [1.29, 1.82) is 0 Å². The molecule has 1 aromatic carbocycles. The van der Waals surface area contributed by atoms with Crippen LogP contribution < -0.4 is 5.69 Å². The van der Waals surface area contributed by atoms with Crippen LogP contribution in [0.25, 0.3) is 11.0 Å². The molecule has 1 fully saturated rings. The highest BCUT2D eigenvalue weighted by atomic mass is 79.9. The number of ether oxygens (including phenoxy) is 1. The van der Waals surface area contributed by atoms with Gasteiger partial charge in [-0.25, -0.2) is 4.79 Å². The van der Waals surface area contributed by atoms with E-state index in [1.165, 1.54) is 0 Å². The van der Waals surface area contributed by atoms with Crippen LogP contribution in [0.1, 0.15) is 23.7 Å². The molecule has 1 aliphatic rings. The Balaban J connectivity index is 2.13. The molecule has 0 spiro atoms. The number of aryl methyl sites for hydroxylation is 2. The van der Waals surface area contributed by atoms with Gasteiger partial charge in [0.25, 0.3) is 0 Å². The molecule has 4 nitrogen and oxygen atoms in total. The second-order valence-corrected chi connectivity index (χ2v) is 7.61. The molecular formula is C15H18Br2N2O2. The first-order valence-corrected chi connectivity index (χ1v) is 8.73. The Bertz CT molecular complexity index is 750. The van der Waals surface area contributed by atoms with Gasteiger partial charge in [-0.3, -0.25) is 9.13 Å². The lowest BCUT2D eigenvalue weighted by atomic mass is 9.97. The number of nitrogens with zero attached hydrogens (tertiary/aromatic N) is 2. The van der Waals surface area contributed by atoms with Crippen molar-refractivity contribution < 1.29 is 4.74 Å². The maximum absolute atomic E-state index is 12.1. The molecule has 0 saturated carbocycles. The SMILES string of the molecule is CC1CCOC1C(Br)c1cc2c(cc1Br)n(C)c(=O)n2C. The Morgan fingerprint density at radius 2 is 1.90 bits per heavy atom. The number of aromatic nitrogens is 2. The zero-order chi connectivity index (χ0) is 15.3. The van der Waals surface area contributed by atoms with Gasteiger partial charge >= 0.3 is 5.69 Å². The van der Waals surface area contributed by atoms with Gasteiger partial charge in [0.1, 0.15) is 0 Å². The number of benzene rings is 1. The highest BCUT2D eigenvalue weighted by Gasteiger charge is 2.32. The van der Waals surface area contributed by atoms with Crippen LogP contribution in [0.15, 0.2) is 21.4 Å². The Morgan fingerprint density at radius 3 is 2.48 bits per heavy atom. The summed E-state index contributed by atoms with van der Waals surface area (Å²) in [5.41, 5.74) is 2.99. The summed E-state index contributed by atoms with van der Waals surface area (Å²) in [6, 6.07) is 4.09. The van der Waals surface area contributed by atoms with E-state index < -0.39 is 0 Å². The number of fused-ring (bicyclic) bond motifs is 1. The average molecular weight is 418 g/mol. The minimum absolute atomic E-state index is 0.00865. The normalized spacial score (nSPS) is 23.9. The molecule has 3 rings (SSSR count). The number of alkyl halides is 1. The van der Waals surface area contributed by atoms with Crippen molar-refractivity contribution in [2.24, 2.45) is 20.0 Å². The smallest absolute Gasteiger partial charge is 0.328 e. The summed E-state index contributed by atoms with van der Waals surface area (Å²) in [4.78, 5) is 12.2. The summed E-state index contributed by atoms with van der Waals surface area (Å²) in [5.74, 6) is 0.525. The predicted molar refractivity (Wildman–Crippen MR) is 91.0 cm³/mol. The summed E-state index contributed by atoms with van der Waals surface area (Å²) >= 11 is 7.43. The van der Waals surface area contributed by atoms with Crippen LogP contribution in [-0.4, -0.2) is 21.8 Å². The third-order valence-electron chi connectivity index (χ3n) is 4.42. The molecule has 1 aromatic heterocycles. The summed E-state index contributed by atoms with van der Waals surface area (Å²) < 4.78 is 10.2. The first-order valence-electron chi connectivity index (χ1n) is 7.02. The molecule has 0 radical (unpaired) electrons. The summed E-state index contributed by atoms with van der Waals surface area (Å²) in [6.07, 6.45) is 1.26. The number of imidazole rings is 1. The molecule has 3 unspecified atom stereocenters. The fraction of sp³-hybridized carbons (Fsp3) is 0.533. The minimum atomic E-state index is -0.00865. The van der Waals surface area contributed by atoms with Gasteiger partial charge in [0.15, 0.2) is 0 Å². The summed E-state index contributed by atoms with van der Waals surface area (Å²) in [6.45, 7) is 3.04. The number of rotatable bonds is 2. The molecule has 2 aromatic rings. The van der Waals surface area contributed by atoms with E-state index in [0.717, 1.165) is 34.1 Å². The van der Waals surface area contributed by atoms with Crippen LogP contribution in [0.5, 0.6) is 0 Å². The van der Waals surface area contributed by atoms with Crippen molar-refractivity contribution in [3.8, 4) is 0 Å². The van der Waals surface area contributed by atoms with Crippen LogP contribution in [0.4, 0.5) is 0 Å². The van der Waals surface area contributed by atoms with Crippen molar-refractivity contribution >= 4 is 42.9 Å². The molecular weight excluding hydrogens is 400 g/mol.